The minimum atomic E-state index is -3.02. The number of carbonyl (C=O) groups is 1. The fourth-order valence-corrected chi connectivity index (χ4v) is 3.71. The minimum absolute atomic E-state index is 0.103. The van der Waals surface area contributed by atoms with Crippen LogP contribution in [0.2, 0.25) is 0 Å². The van der Waals surface area contributed by atoms with Crippen molar-refractivity contribution in [2.45, 2.75) is 19.5 Å². The van der Waals surface area contributed by atoms with E-state index in [0.717, 1.165) is 10.2 Å². The highest BCUT2D eigenvalue weighted by Gasteiger charge is 2.17. The molecule has 5 nitrogen and oxygen atoms in total. The van der Waals surface area contributed by atoms with E-state index in [-0.39, 0.29) is 24.3 Å². The molecule has 146 valence electrons. The molecule has 0 aliphatic rings. The number of carboxylic acid groups (broad SMARTS) is 1. The summed E-state index contributed by atoms with van der Waals surface area (Å²) in [6, 6.07) is 12.3. The molecule has 8 heteroatoms. The molecular formula is C20H17F2NO4S. The zero-order valence-corrected chi connectivity index (χ0v) is 15.7. The number of ether oxygens (including phenoxy) is 2. The van der Waals surface area contributed by atoms with E-state index >= 15 is 0 Å². The van der Waals surface area contributed by atoms with Gasteiger partial charge < -0.3 is 14.6 Å². The predicted molar refractivity (Wildman–Crippen MR) is 104 cm³/mol. The van der Waals surface area contributed by atoms with Crippen LogP contribution in [0, 0.1) is 0 Å². The number of aliphatic carboxylic acids is 1. The van der Waals surface area contributed by atoms with Crippen molar-refractivity contribution in [3.63, 3.8) is 0 Å². The first-order chi connectivity index (χ1) is 13.5. The molecule has 0 amide bonds. The molecule has 0 unspecified atom stereocenters. The van der Waals surface area contributed by atoms with Gasteiger partial charge in [-0.3, -0.25) is 4.79 Å². The summed E-state index contributed by atoms with van der Waals surface area (Å²) in [6.45, 7) is -3.02. The molecule has 1 aromatic heterocycles. The Labute approximate surface area is 163 Å². The molecule has 0 saturated carbocycles. The molecule has 3 rings (SSSR count). The second-order valence-corrected chi connectivity index (χ2v) is 6.84. The van der Waals surface area contributed by atoms with Gasteiger partial charge in [0.2, 0.25) is 0 Å². The number of hydrogen-bond donors (Lipinski definition) is 1. The van der Waals surface area contributed by atoms with Gasteiger partial charge >= 0.3 is 12.6 Å². The number of carboxylic acids is 1. The summed E-state index contributed by atoms with van der Waals surface area (Å²) >= 11 is 1.41. The average Bonchev–Trinajstić information content (AvgIpc) is 3.09. The van der Waals surface area contributed by atoms with Crippen molar-refractivity contribution < 1.29 is 28.2 Å². The summed E-state index contributed by atoms with van der Waals surface area (Å²) in [5.41, 5.74) is 1.77. The van der Waals surface area contributed by atoms with Crippen LogP contribution in [0.1, 0.15) is 23.4 Å². The van der Waals surface area contributed by atoms with E-state index in [0.29, 0.717) is 16.1 Å². The number of allylic oxidation sites excluding steroid dienone is 1. The molecule has 28 heavy (non-hydrogen) atoms. The summed E-state index contributed by atoms with van der Waals surface area (Å²) in [5, 5.41) is 9.72. The molecule has 0 radical (unpaired) electrons. The smallest absolute Gasteiger partial charge is 0.387 e. The zero-order chi connectivity index (χ0) is 20.1. The predicted octanol–water partition coefficient (Wildman–Crippen LogP) is 5.31. The molecule has 1 N–H and O–H groups in total. The van der Waals surface area contributed by atoms with Gasteiger partial charge in [-0.05, 0) is 36.3 Å². The van der Waals surface area contributed by atoms with Crippen LogP contribution in [0.25, 0.3) is 21.9 Å². The van der Waals surface area contributed by atoms with Crippen LogP contribution in [0.5, 0.6) is 11.5 Å². The Morgan fingerprint density at radius 3 is 2.68 bits per heavy atom. The first-order valence-electron chi connectivity index (χ1n) is 8.38. The number of para-hydroxylation sites is 2. The molecule has 0 spiro atoms. The normalized spacial score (nSPS) is 11.8. The van der Waals surface area contributed by atoms with Gasteiger partial charge in [0.25, 0.3) is 0 Å². The van der Waals surface area contributed by atoms with E-state index in [1.807, 2.05) is 24.3 Å². The summed E-state index contributed by atoms with van der Waals surface area (Å²) in [6.07, 6.45) is 1.71. The van der Waals surface area contributed by atoms with E-state index in [9.17, 15) is 13.6 Å². The van der Waals surface area contributed by atoms with E-state index in [1.165, 1.54) is 24.5 Å². The maximum atomic E-state index is 12.9. The lowest BCUT2D eigenvalue weighted by atomic mass is 10.1. The molecule has 2 aromatic carbocycles. The summed E-state index contributed by atoms with van der Waals surface area (Å²) in [7, 11) is 1.36. The Morgan fingerprint density at radius 2 is 2.00 bits per heavy atom. The summed E-state index contributed by atoms with van der Waals surface area (Å²) < 4.78 is 36.5. The minimum Gasteiger partial charge on any atom is -0.493 e. The van der Waals surface area contributed by atoms with Crippen molar-refractivity contribution in [1.82, 2.24) is 4.98 Å². The fraction of sp³-hybridized carbons (Fsp3) is 0.200. The van der Waals surface area contributed by atoms with Crippen LogP contribution >= 0.6 is 11.3 Å². The molecule has 1 heterocycles. The number of methoxy groups -OCH3 is 1. The highest BCUT2D eigenvalue weighted by molar-refractivity contribution is 7.19. The number of alkyl halides is 2. The second kappa shape index (κ2) is 8.79. The third-order valence-electron chi connectivity index (χ3n) is 3.94. The van der Waals surface area contributed by atoms with Crippen molar-refractivity contribution in [1.29, 1.82) is 0 Å². The third kappa shape index (κ3) is 4.64. The Hall–Kier alpha value is -3.00. The van der Waals surface area contributed by atoms with Crippen LogP contribution in [-0.2, 0) is 4.79 Å². The van der Waals surface area contributed by atoms with E-state index in [2.05, 4.69) is 9.72 Å². The van der Waals surface area contributed by atoms with Gasteiger partial charge in [-0.25, -0.2) is 4.98 Å². The van der Waals surface area contributed by atoms with Crippen molar-refractivity contribution in [2.24, 2.45) is 0 Å². The number of rotatable bonds is 8. The van der Waals surface area contributed by atoms with Gasteiger partial charge in [0.15, 0.2) is 11.5 Å². The molecule has 3 aromatic rings. The fourth-order valence-electron chi connectivity index (χ4n) is 2.70. The zero-order valence-electron chi connectivity index (χ0n) is 14.9. The number of aromatic nitrogens is 1. The molecule has 0 saturated heterocycles. The van der Waals surface area contributed by atoms with Gasteiger partial charge in [-0.2, -0.15) is 8.78 Å². The van der Waals surface area contributed by atoms with Crippen LogP contribution in [-0.4, -0.2) is 29.8 Å². The summed E-state index contributed by atoms with van der Waals surface area (Å²) in [4.78, 5) is 15.6. The highest BCUT2D eigenvalue weighted by atomic mass is 32.1. The Bertz CT molecular complexity index is 983. The van der Waals surface area contributed by atoms with Gasteiger partial charge in [-0.15, -0.1) is 11.3 Å². The monoisotopic (exact) mass is 405 g/mol. The quantitative estimate of drug-likeness (QED) is 0.550. The third-order valence-corrected chi connectivity index (χ3v) is 5.05. The number of fused-ring (bicyclic) bond motifs is 1. The van der Waals surface area contributed by atoms with E-state index < -0.39 is 12.6 Å². The SMILES string of the molecule is COc1cccc(/C=C(\CCC(=O)O)c2nc3ccccc3s2)c1OC(F)F. The lowest BCUT2D eigenvalue weighted by Crippen LogP contribution is -2.05. The van der Waals surface area contributed by atoms with Crippen molar-refractivity contribution in [2.75, 3.05) is 7.11 Å². The average molecular weight is 405 g/mol. The van der Waals surface area contributed by atoms with Crippen molar-refractivity contribution in [3.05, 3.63) is 53.0 Å². The first-order valence-corrected chi connectivity index (χ1v) is 9.19. The molecule has 0 aliphatic carbocycles. The van der Waals surface area contributed by atoms with Gasteiger partial charge in [-0.1, -0.05) is 24.3 Å². The van der Waals surface area contributed by atoms with Crippen molar-refractivity contribution >= 4 is 39.2 Å². The lowest BCUT2D eigenvalue weighted by Gasteiger charge is -2.13. The molecule has 0 atom stereocenters. The number of thiazole rings is 1. The number of hydrogen-bond acceptors (Lipinski definition) is 5. The van der Waals surface area contributed by atoms with Crippen LogP contribution < -0.4 is 9.47 Å². The Kier molecular flexibility index (Phi) is 6.20. The van der Waals surface area contributed by atoms with Crippen molar-refractivity contribution in [3.8, 4) is 11.5 Å². The molecule has 0 aliphatic heterocycles. The topological polar surface area (TPSA) is 68.7 Å². The van der Waals surface area contributed by atoms with Crippen LogP contribution in [0.15, 0.2) is 42.5 Å². The maximum Gasteiger partial charge on any atom is 0.387 e. The van der Waals surface area contributed by atoms with Crippen LogP contribution in [0.3, 0.4) is 0 Å². The van der Waals surface area contributed by atoms with E-state index in [4.69, 9.17) is 9.84 Å². The molecule has 0 bridgehead atoms. The standard InChI is InChI=1S/C20H17F2NO4S/c1-26-15-7-4-5-12(18(15)27-20(21)22)11-13(9-10-17(24)25)19-23-14-6-2-3-8-16(14)28-19/h2-8,11,20H,9-10H2,1H3,(H,24,25)/b13-11+. The first kappa shape index (κ1) is 19.8. The lowest BCUT2D eigenvalue weighted by molar-refractivity contribution is -0.136. The van der Waals surface area contributed by atoms with Gasteiger partial charge in [0.1, 0.15) is 5.01 Å². The van der Waals surface area contributed by atoms with Gasteiger partial charge in [0, 0.05) is 12.0 Å². The second-order valence-electron chi connectivity index (χ2n) is 5.81. The van der Waals surface area contributed by atoms with Gasteiger partial charge in [0.05, 0.1) is 17.3 Å². The van der Waals surface area contributed by atoms with E-state index in [1.54, 1.807) is 18.2 Å². The Balaban J connectivity index is 2.09. The highest BCUT2D eigenvalue weighted by Crippen LogP contribution is 2.37. The summed E-state index contributed by atoms with van der Waals surface area (Å²) in [5.74, 6) is -0.897. The number of benzene rings is 2. The molecular weight excluding hydrogens is 388 g/mol. The number of nitrogens with zero attached hydrogens (tertiary/aromatic N) is 1. The van der Waals surface area contributed by atoms with Crippen LogP contribution in [0.4, 0.5) is 8.78 Å². The Morgan fingerprint density at radius 1 is 1.21 bits per heavy atom. The molecule has 0 fully saturated rings. The maximum absolute atomic E-state index is 12.9. The largest absolute Gasteiger partial charge is 0.493 e. The number of halogens is 2.